The number of methoxy groups -OCH3 is 2. The average molecular weight is 522 g/mol. The van der Waals surface area contributed by atoms with Crippen LogP contribution in [0.2, 0.25) is 10.0 Å². The van der Waals surface area contributed by atoms with E-state index in [0.29, 0.717) is 17.1 Å². The van der Waals surface area contributed by atoms with Crippen molar-refractivity contribution in [1.29, 1.82) is 0 Å². The van der Waals surface area contributed by atoms with E-state index in [0.717, 1.165) is 4.31 Å². The number of hydrazone groups is 1. The van der Waals surface area contributed by atoms with Gasteiger partial charge in [0.15, 0.2) is 11.5 Å². The number of rotatable bonds is 9. The molecular formula is C23H21Cl2N3O5S. The molecule has 0 aliphatic heterocycles. The van der Waals surface area contributed by atoms with Crippen molar-refractivity contribution < 1.29 is 22.7 Å². The first-order valence-corrected chi connectivity index (χ1v) is 12.0. The first-order valence-electron chi connectivity index (χ1n) is 9.83. The highest BCUT2D eigenvalue weighted by atomic mass is 35.5. The molecule has 0 radical (unpaired) electrons. The van der Waals surface area contributed by atoms with Gasteiger partial charge in [-0.3, -0.25) is 9.10 Å². The van der Waals surface area contributed by atoms with Gasteiger partial charge in [-0.1, -0.05) is 41.4 Å². The van der Waals surface area contributed by atoms with Gasteiger partial charge < -0.3 is 9.47 Å². The molecule has 0 spiro atoms. The maximum atomic E-state index is 13.3. The number of halogens is 2. The molecule has 8 nitrogen and oxygen atoms in total. The van der Waals surface area contributed by atoms with Crippen molar-refractivity contribution in [1.82, 2.24) is 5.43 Å². The van der Waals surface area contributed by atoms with E-state index in [1.807, 2.05) is 0 Å². The van der Waals surface area contributed by atoms with Crippen LogP contribution in [-0.2, 0) is 14.8 Å². The molecule has 0 atom stereocenters. The summed E-state index contributed by atoms with van der Waals surface area (Å²) >= 11 is 12.1. The summed E-state index contributed by atoms with van der Waals surface area (Å²) in [6, 6.07) is 17.1. The SMILES string of the molecule is COc1ccc(/C=N/NC(=O)CN(c2ccc(Cl)c(Cl)c2)S(=O)(=O)c2ccccc2)cc1OC. The lowest BCUT2D eigenvalue weighted by Gasteiger charge is -2.24. The molecule has 0 saturated heterocycles. The number of anilines is 1. The molecule has 11 heteroatoms. The summed E-state index contributed by atoms with van der Waals surface area (Å²) in [5.41, 5.74) is 3.15. The van der Waals surface area contributed by atoms with Gasteiger partial charge in [-0.15, -0.1) is 0 Å². The Balaban J connectivity index is 1.83. The number of carbonyl (C=O) groups excluding carboxylic acids is 1. The summed E-state index contributed by atoms with van der Waals surface area (Å²) in [6.45, 7) is -0.543. The van der Waals surface area contributed by atoms with E-state index in [1.165, 1.54) is 50.8 Å². The van der Waals surface area contributed by atoms with Crippen molar-refractivity contribution in [3.8, 4) is 11.5 Å². The quantitative estimate of drug-likeness (QED) is 0.333. The fourth-order valence-electron chi connectivity index (χ4n) is 2.95. The molecule has 3 rings (SSSR count). The molecule has 0 bridgehead atoms. The standard InChI is InChI=1S/C23H21Cl2N3O5S/c1-32-21-11-8-16(12-22(21)33-2)14-26-27-23(29)15-28(17-9-10-19(24)20(25)13-17)34(30,31)18-6-4-3-5-7-18/h3-14H,15H2,1-2H3,(H,27,29)/b26-14+. The van der Waals surface area contributed by atoms with Gasteiger partial charge in [0.25, 0.3) is 15.9 Å². The van der Waals surface area contributed by atoms with Gasteiger partial charge in [-0.25, -0.2) is 13.8 Å². The molecule has 0 unspecified atom stereocenters. The van der Waals surface area contributed by atoms with Crippen molar-refractivity contribution in [2.45, 2.75) is 4.90 Å². The number of nitrogens with zero attached hydrogens (tertiary/aromatic N) is 2. The van der Waals surface area contributed by atoms with E-state index in [4.69, 9.17) is 32.7 Å². The van der Waals surface area contributed by atoms with Crippen LogP contribution in [0.1, 0.15) is 5.56 Å². The van der Waals surface area contributed by atoms with Gasteiger partial charge in [0.2, 0.25) is 0 Å². The second-order valence-electron chi connectivity index (χ2n) is 6.83. The number of ether oxygens (including phenoxy) is 2. The van der Waals surface area contributed by atoms with E-state index in [-0.39, 0.29) is 20.6 Å². The predicted octanol–water partition coefficient (Wildman–Crippen LogP) is 4.36. The lowest BCUT2D eigenvalue weighted by atomic mass is 10.2. The zero-order valence-corrected chi connectivity index (χ0v) is 20.6. The Kier molecular flexibility index (Phi) is 8.38. The van der Waals surface area contributed by atoms with E-state index in [1.54, 1.807) is 36.4 Å². The third-order valence-corrected chi connectivity index (χ3v) is 7.15. The molecule has 178 valence electrons. The molecule has 3 aromatic carbocycles. The fourth-order valence-corrected chi connectivity index (χ4v) is 4.68. The molecule has 0 saturated carbocycles. The lowest BCUT2D eigenvalue weighted by Crippen LogP contribution is -2.39. The minimum atomic E-state index is -4.08. The first kappa shape index (κ1) is 25.4. The first-order chi connectivity index (χ1) is 16.3. The maximum absolute atomic E-state index is 13.3. The van der Waals surface area contributed by atoms with Crippen LogP contribution in [0.4, 0.5) is 5.69 Å². The minimum absolute atomic E-state index is 0.0164. The van der Waals surface area contributed by atoms with Crippen molar-refractivity contribution in [2.75, 3.05) is 25.1 Å². The molecule has 1 N–H and O–H groups in total. The molecule has 0 aromatic heterocycles. The van der Waals surface area contributed by atoms with E-state index in [9.17, 15) is 13.2 Å². The van der Waals surface area contributed by atoms with Crippen LogP contribution in [-0.4, -0.2) is 41.3 Å². The summed E-state index contributed by atoms with van der Waals surface area (Å²) in [5.74, 6) is 0.381. The fraction of sp³-hybridized carbons (Fsp3) is 0.130. The van der Waals surface area contributed by atoms with Gasteiger partial charge in [-0.2, -0.15) is 5.10 Å². The maximum Gasteiger partial charge on any atom is 0.264 e. The van der Waals surface area contributed by atoms with E-state index < -0.39 is 22.5 Å². The summed E-state index contributed by atoms with van der Waals surface area (Å²) in [6.07, 6.45) is 1.40. The van der Waals surface area contributed by atoms with Crippen LogP contribution >= 0.6 is 23.2 Å². The molecule has 3 aromatic rings. The Morgan fingerprint density at radius 3 is 2.32 bits per heavy atom. The average Bonchev–Trinajstić information content (AvgIpc) is 2.84. The van der Waals surface area contributed by atoms with Crippen molar-refractivity contribution in [2.24, 2.45) is 5.10 Å². The second kappa shape index (κ2) is 11.2. The minimum Gasteiger partial charge on any atom is -0.493 e. The molecule has 1 amide bonds. The van der Waals surface area contributed by atoms with Crippen LogP contribution in [0.15, 0.2) is 76.7 Å². The van der Waals surface area contributed by atoms with Crippen LogP contribution < -0.4 is 19.2 Å². The van der Waals surface area contributed by atoms with Gasteiger partial charge in [0, 0.05) is 0 Å². The van der Waals surface area contributed by atoms with Crippen molar-refractivity contribution >= 4 is 51.0 Å². The molecule has 0 heterocycles. The predicted molar refractivity (Wildman–Crippen MR) is 133 cm³/mol. The number of hydrogen-bond donors (Lipinski definition) is 1. The van der Waals surface area contributed by atoms with Gasteiger partial charge in [0.05, 0.1) is 41.1 Å². The monoisotopic (exact) mass is 521 g/mol. The van der Waals surface area contributed by atoms with Crippen molar-refractivity contribution in [3.05, 3.63) is 82.3 Å². The smallest absolute Gasteiger partial charge is 0.264 e. The van der Waals surface area contributed by atoms with Crippen LogP contribution in [0.3, 0.4) is 0 Å². The third-order valence-electron chi connectivity index (χ3n) is 4.62. The molecule has 0 aliphatic carbocycles. The molecule has 0 fully saturated rings. The van der Waals surface area contributed by atoms with Crippen LogP contribution in [0.5, 0.6) is 11.5 Å². The Labute approximate surface area is 207 Å². The highest BCUT2D eigenvalue weighted by Gasteiger charge is 2.27. The topological polar surface area (TPSA) is 97.3 Å². The Hall–Kier alpha value is -3.27. The Morgan fingerprint density at radius 1 is 0.971 bits per heavy atom. The van der Waals surface area contributed by atoms with Crippen molar-refractivity contribution in [3.63, 3.8) is 0 Å². The summed E-state index contributed by atoms with van der Waals surface area (Å²) in [5, 5.41) is 4.32. The molecular weight excluding hydrogens is 501 g/mol. The Bertz CT molecular complexity index is 1300. The number of carbonyl (C=O) groups is 1. The molecule has 34 heavy (non-hydrogen) atoms. The van der Waals surface area contributed by atoms with Crippen LogP contribution in [0.25, 0.3) is 0 Å². The number of hydrogen-bond acceptors (Lipinski definition) is 6. The lowest BCUT2D eigenvalue weighted by molar-refractivity contribution is -0.119. The highest BCUT2D eigenvalue weighted by molar-refractivity contribution is 7.92. The summed E-state index contributed by atoms with van der Waals surface area (Å²) in [4.78, 5) is 12.7. The zero-order valence-electron chi connectivity index (χ0n) is 18.2. The number of benzene rings is 3. The normalized spacial score (nSPS) is 11.3. The summed E-state index contributed by atoms with van der Waals surface area (Å²) < 4.78 is 37.9. The Morgan fingerprint density at radius 2 is 1.68 bits per heavy atom. The summed E-state index contributed by atoms with van der Waals surface area (Å²) in [7, 11) is -1.06. The third kappa shape index (κ3) is 5.99. The zero-order chi connectivity index (χ0) is 24.7. The van der Waals surface area contributed by atoms with E-state index in [2.05, 4.69) is 10.5 Å². The number of nitrogens with one attached hydrogen (secondary N) is 1. The second-order valence-corrected chi connectivity index (χ2v) is 9.51. The van der Waals surface area contributed by atoms with E-state index >= 15 is 0 Å². The number of amides is 1. The highest BCUT2D eigenvalue weighted by Crippen LogP contribution is 2.30. The van der Waals surface area contributed by atoms with Gasteiger partial charge in [0.1, 0.15) is 6.54 Å². The van der Waals surface area contributed by atoms with Gasteiger partial charge in [-0.05, 0) is 54.1 Å². The van der Waals surface area contributed by atoms with Crippen LogP contribution in [0, 0.1) is 0 Å². The molecule has 0 aliphatic rings. The largest absolute Gasteiger partial charge is 0.493 e. The van der Waals surface area contributed by atoms with Gasteiger partial charge >= 0.3 is 0 Å². The number of sulfonamides is 1.